The minimum atomic E-state index is 1.02. The van der Waals surface area contributed by atoms with Crippen molar-refractivity contribution in [2.75, 3.05) is 0 Å². The zero-order valence-electron chi connectivity index (χ0n) is 30.9. The Morgan fingerprint density at radius 2 is 0.750 bits per heavy atom. The zero-order chi connectivity index (χ0) is 37.0. The van der Waals surface area contributed by atoms with E-state index in [4.69, 9.17) is 0 Å². The van der Waals surface area contributed by atoms with Gasteiger partial charge in [-0.05, 0) is 112 Å². The summed E-state index contributed by atoms with van der Waals surface area (Å²) in [5.74, 6) is 0. The van der Waals surface area contributed by atoms with E-state index < -0.39 is 0 Å². The predicted molar refractivity (Wildman–Crippen MR) is 237 cm³/mol. The van der Waals surface area contributed by atoms with Crippen LogP contribution in [0.25, 0.3) is 94.7 Å². The lowest BCUT2D eigenvalue weighted by molar-refractivity contribution is 0.888. The van der Waals surface area contributed by atoms with Gasteiger partial charge in [-0.3, -0.25) is 0 Å². The summed E-state index contributed by atoms with van der Waals surface area (Å²) < 4.78 is 4.89. The second-order valence-corrected chi connectivity index (χ2v) is 14.9. The lowest BCUT2D eigenvalue weighted by Gasteiger charge is -2.14. The van der Waals surface area contributed by atoms with E-state index in [0.717, 1.165) is 12.8 Å². The van der Waals surface area contributed by atoms with Gasteiger partial charge in [0, 0.05) is 38.8 Å². The highest BCUT2D eigenvalue weighted by Crippen LogP contribution is 2.39. The Balaban J connectivity index is 0.959. The first kappa shape index (κ1) is 32.3. The molecule has 0 radical (unpaired) electrons. The molecule has 56 heavy (non-hydrogen) atoms. The van der Waals surface area contributed by atoms with E-state index >= 15 is 0 Å². The normalized spacial score (nSPS) is 12.4. The van der Waals surface area contributed by atoms with E-state index in [1.165, 1.54) is 99.8 Å². The fourth-order valence-corrected chi connectivity index (χ4v) is 8.85. The van der Waals surface area contributed by atoms with Crippen molar-refractivity contribution in [3.63, 3.8) is 0 Å². The van der Waals surface area contributed by atoms with Crippen molar-refractivity contribution in [2.24, 2.45) is 0 Å². The maximum atomic E-state index is 2.49. The summed E-state index contributed by atoms with van der Waals surface area (Å²) >= 11 is 0. The monoisotopic (exact) mass is 714 g/mol. The van der Waals surface area contributed by atoms with Crippen molar-refractivity contribution < 1.29 is 0 Å². The van der Waals surface area contributed by atoms with Crippen LogP contribution in [0, 0.1) is 0 Å². The molecular formula is C54H38N2. The molecule has 0 N–H and O–H groups in total. The van der Waals surface area contributed by atoms with E-state index in [0.29, 0.717) is 0 Å². The molecule has 0 saturated heterocycles. The van der Waals surface area contributed by atoms with Crippen LogP contribution in [0.2, 0.25) is 0 Å². The van der Waals surface area contributed by atoms with Crippen LogP contribution < -0.4 is 0 Å². The summed E-state index contributed by atoms with van der Waals surface area (Å²) in [7, 11) is 0. The highest BCUT2D eigenvalue weighted by molar-refractivity contribution is 6.10. The maximum Gasteiger partial charge on any atom is 0.0541 e. The highest BCUT2D eigenvalue weighted by Gasteiger charge is 2.20. The molecule has 0 unspecified atom stereocenters. The molecule has 0 spiro atoms. The van der Waals surface area contributed by atoms with Crippen molar-refractivity contribution in [3.05, 3.63) is 211 Å². The summed E-state index contributed by atoms with van der Waals surface area (Å²) in [4.78, 5) is 0. The topological polar surface area (TPSA) is 9.86 Å². The molecule has 0 fully saturated rings. The molecular weight excluding hydrogens is 677 g/mol. The number of allylic oxidation sites excluding steroid dienone is 1. The molecule has 8 aromatic carbocycles. The van der Waals surface area contributed by atoms with Crippen molar-refractivity contribution >= 4 is 38.8 Å². The van der Waals surface area contributed by atoms with E-state index in [-0.39, 0.29) is 0 Å². The largest absolute Gasteiger partial charge is 0.313 e. The molecule has 0 saturated carbocycles. The van der Waals surface area contributed by atoms with Crippen LogP contribution in [0.15, 0.2) is 200 Å². The Morgan fingerprint density at radius 3 is 1.34 bits per heavy atom. The van der Waals surface area contributed by atoms with Crippen molar-refractivity contribution in [2.45, 2.75) is 12.8 Å². The average Bonchev–Trinajstić information content (AvgIpc) is 3.79. The molecule has 0 bridgehead atoms. The molecule has 2 aromatic heterocycles. The van der Waals surface area contributed by atoms with E-state index in [1.54, 1.807) is 0 Å². The third-order valence-corrected chi connectivity index (χ3v) is 11.6. The highest BCUT2D eigenvalue weighted by atomic mass is 15.0. The molecule has 2 heteroatoms. The molecule has 11 rings (SSSR count). The van der Waals surface area contributed by atoms with Crippen LogP contribution in [0.3, 0.4) is 0 Å². The SMILES string of the molecule is C1=Cc2c(n(-c3ccc(-c4ccc(-c5ccccc5)cc4)cc3)c3ccc(-c4ccc5c(c4)c4ccccc4n5-c4ccc(-c5ccccc5)cc4)cc23)CC1. The molecule has 10 aromatic rings. The Labute approximate surface area is 326 Å². The van der Waals surface area contributed by atoms with Crippen molar-refractivity contribution in [1.82, 2.24) is 9.13 Å². The third kappa shape index (κ3) is 5.41. The van der Waals surface area contributed by atoms with Gasteiger partial charge in [-0.15, -0.1) is 0 Å². The fourth-order valence-electron chi connectivity index (χ4n) is 8.85. The second-order valence-electron chi connectivity index (χ2n) is 14.9. The second kappa shape index (κ2) is 13.3. The fraction of sp³-hybridized carbons (Fsp3) is 0.0370. The third-order valence-electron chi connectivity index (χ3n) is 11.6. The number of rotatable bonds is 6. The Hall–Kier alpha value is -7.16. The van der Waals surface area contributed by atoms with Gasteiger partial charge in [0.05, 0.1) is 16.6 Å². The molecule has 1 aliphatic carbocycles. The van der Waals surface area contributed by atoms with Crippen LogP contribution in [-0.4, -0.2) is 9.13 Å². The van der Waals surface area contributed by atoms with Gasteiger partial charge >= 0.3 is 0 Å². The molecule has 0 aliphatic heterocycles. The van der Waals surface area contributed by atoms with E-state index in [2.05, 4.69) is 215 Å². The first-order chi connectivity index (χ1) is 27.8. The van der Waals surface area contributed by atoms with Crippen LogP contribution in [-0.2, 0) is 6.42 Å². The number of aromatic nitrogens is 2. The molecule has 2 heterocycles. The number of hydrogen-bond acceptors (Lipinski definition) is 0. The Kier molecular flexibility index (Phi) is 7.67. The summed E-state index contributed by atoms with van der Waals surface area (Å²) in [6.07, 6.45) is 6.74. The molecule has 2 nitrogen and oxygen atoms in total. The Bertz CT molecular complexity index is 3070. The summed E-state index contributed by atoms with van der Waals surface area (Å²) in [5.41, 5.74) is 18.6. The number of benzene rings is 8. The number of hydrogen-bond donors (Lipinski definition) is 0. The first-order valence-corrected chi connectivity index (χ1v) is 19.6. The van der Waals surface area contributed by atoms with Crippen LogP contribution in [0.5, 0.6) is 0 Å². The van der Waals surface area contributed by atoms with Crippen LogP contribution >= 0.6 is 0 Å². The quantitative estimate of drug-likeness (QED) is 0.162. The molecule has 0 amide bonds. The standard InChI is InChI=1S/C54H38N2/c1-3-11-37(12-4-1)39-19-21-40(22-20-39)42-25-31-46(32-26-42)56-52-18-10-8-16-48(52)50-36-44(28-34-54(50)56)43-27-33-53-49(35-43)47-15-7-9-17-51(47)55(53)45-29-23-41(24-30-45)38-13-5-2-6-14-38/h1-9,11-17,19-36H,10,18H2. The van der Waals surface area contributed by atoms with Crippen molar-refractivity contribution in [1.29, 1.82) is 0 Å². The number of fused-ring (bicyclic) bond motifs is 6. The van der Waals surface area contributed by atoms with Gasteiger partial charge in [0.1, 0.15) is 0 Å². The van der Waals surface area contributed by atoms with Crippen molar-refractivity contribution in [3.8, 4) is 55.9 Å². The molecule has 0 atom stereocenters. The summed E-state index contributed by atoms with van der Waals surface area (Å²) in [6.45, 7) is 0. The lowest BCUT2D eigenvalue weighted by Crippen LogP contribution is -2.02. The predicted octanol–water partition coefficient (Wildman–Crippen LogP) is 14.4. The van der Waals surface area contributed by atoms with E-state index in [9.17, 15) is 0 Å². The van der Waals surface area contributed by atoms with Gasteiger partial charge in [0.2, 0.25) is 0 Å². The Morgan fingerprint density at radius 1 is 0.321 bits per heavy atom. The first-order valence-electron chi connectivity index (χ1n) is 19.6. The van der Waals surface area contributed by atoms with Gasteiger partial charge < -0.3 is 9.13 Å². The molecule has 264 valence electrons. The van der Waals surface area contributed by atoms with Crippen LogP contribution in [0.1, 0.15) is 17.7 Å². The summed E-state index contributed by atoms with van der Waals surface area (Å²) in [6, 6.07) is 70.9. The van der Waals surface area contributed by atoms with Crippen LogP contribution in [0.4, 0.5) is 0 Å². The van der Waals surface area contributed by atoms with Gasteiger partial charge in [-0.25, -0.2) is 0 Å². The van der Waals surface area contributed by atoms with Gasteiger partial charge in [0.15, 0.2) is 0 Å². The number of para-hydroxylation sites is 1. The van der Waals surface area contributed by atoms with Gasteiger partial charge in [-0.2, -0.15) is 0 Å². The molecule has 1 aliphatic rings. The summed E-state index contributed by atoms with van der Waals surface area (Å²) in [5, 5.41) is 3.83. The zero-order valence-corrected chi connectivity index (χ0v) is 30.9. The average molecular weight is 715 g/mol. The lowest BCUT2D eigenvalue weighted by atomic mass is 9.98. The van der Waals surface area contributed by atoms with Gasteiger partial charge in [-0.1, -0.05) is 152 Å². The minimum absolute atomic E-state index is 1.02. The smallest absolute Gasteiger partial charge is 0.0541 e. The van der Waals surface area contributed by atoms with Gasteiger partial charge in [0.25, 0.3) is 0 Å². The maximum absolute atomic E-state index is 2.49. The number of nitrogens with zero attached hydrogens (tertiary/aromatic N) is 2. The van der Waals surface area contributed by atoms with E-state index in [1.807, 2.05) is 0 Å². The minimum Gasteiger partial charge on any atom is -0.313 e.